The van der Waals surface area contributed by atoms with Crippen LogP contribution in [0.1, 0.15) is 54.7 Å². The minimum Gasteiger partial charge on any atom is -0.455 e. The van der Waals surface area contributed by atoms with Crippen molar-refractivity contribution >= 4 is 26.1 Å². The Morgan fingerprint density at radius 1 is 1.04 bits per heavy atom. The number of phosphoric acid groups is 1. The number of carbonyl (C=O) groups is 3. The number of hydrogen-bond acceptors (Lipinski definition) is 17. The van der Waals surface area contributed by atoms with Crippen LogP contribution in [-0.4, -0.2) is 95.4 Å². The van der Waals surface area contributed by atoms with Crippen molar-refractivity contribution in [3.05, 3.63) is 33.1 Å². The van der Waals surface area contributed by atoms with Crippen LogP contribution in [0.5, 0.6) is 0 Å². The summed E-state index contributed by atoms with van der Waals surface area (Å²) in [4.78, 5) is 62.7. The lowest BCUT2D eigenvalue weighted by atomic mass is 9.88. The fourth-order valence-corrected chi connectivity index (χ4v) is 4.95. The monoisotopic (exact) mass is 701 g/mol. The molecular formula is C26H41FN3O16P. The smallest absolute Gasteiger partial charge is 0.455 e. The number of phosphoric ester groups is 1. The van der Waals surface area contributed by atoms with Crippen LogP contribution in [0.4, 0.5) is 14.0 Å². The number of nitrogens with zero attached hydrogens (tertiary/aromatic N) is 1. The van der Waals surface area contributed by atoms with Crippen LogP contribution in [-0.2, 0) is 51.4 Å². The van der Waals surface area contributed by atoms with Crippen molar-refractivity contribution in [2.45, 2.75) is 90.2 Å². The predicted molar refractivity (Wildman–Crippen MR) is 154 cm³/mol. The molecule has 0 spiro atoms. The molecule has 268 valence electrons. The Bertz CT molecular complexity index is 1370. The number of alkyl halides is 1. The summed E-state index contributed by atoms with van der Waals surface area (Å²) in [5.41, 5.74) is -0.993. The minimum atomic E-state index is -5.03. The molecule has 21 heteroatoms. The number of H-pyrrole nitrogens is 1. The number of rotatable bonds is 16. The number of aliphatic hydroxyl groups is 1. The summed E-state index contributed by atoms with van der Waals surface area (Å²) in [5.74, 6) is -1.58. The Kier molecular flexibility index (Phi) is 14.1. The number of hydrogen-bond donors (Lipinski definition) is 3. The van der Waals surface area contributed by atoms with E-state index in [0.29, 0.717) is 4.57 Å². The van der Waals surface area contributed by atoms with Crippen molar-refractivity contribution in [2.75, 3.05) is 26.9 Å². The van der Waals surface area contributed by atoms with Gasteiger partial charge in [-0.05, 0) is 40.5 Å². The van der Waals surface area contributed by atoms with Gasteiger partial charge in [0.2, 0.25) is 13.6 Å². The second-order valence-corrected chi connectivity index (χ2v) is 13.0. The summed E-state index contributed by atoms with van der Waals surface area (Å²) < 4.78 is 74.7. The zero-order chi connectivity index (χ0) is 35.7. The Labute approximate surface area is 268 Å². The van der Waals surface area contributed by atoms with Gasteiger partial charge < -0.3 is 39.3 Å². The molecule has 1 aliphatic rings. The molecule has 1 saturated heterocycles. The fourth-order valence-electron chi connectivity index (χ4n) is 3.99. The number of aromatic nitrogens is 2. The third-order valence-electron chi connectivity index (χ3n) is 6.32. The van der Waals surface area contributed by atoms with Crippen LogP contribution in [0.3, 0.4) is 0 Å². The van der Waals surface area contributed by atoms with Crippen molar-refractivity contribution in [1.82, 2.24) is 9.55 Å². The first kappa shape index (κ1) is 39.8. The van der Waals surface area contributed by atoms with E-state index >= 15 is 4.39 Å². The van der Waals surface area contributed by atoms with Crippen molar-refractivity contribution in [1.29, 1.82) is 0 Å². The van der Waals surface area contributed by atoms with Gasteiger partial charge in [0.15, 0.2) is 17.9 Å². The molecule has 1 fully saturated rings. The molecule has 47 heavy (non-hydrogen) atoms. The van der Waals surface area contributed by atoms with Crippen LogP contribution in [0.2, 0.25) is 0 Å². The molecule has 1 aromatic heterocycles. The summed E-state index contributed by atoms with van der Waals surface area (Å²) >= 11 is 0. The van der Waals surface area contributed by atoms with Crippen LogP contribution in [0.25, 0.3) is 0 Å². The van der Waals surface area contributed by atoms with Gasteiger partial charge in [-0.15, -0.1) is 0 Å². The Morgan fingerprint density at radius 2 is 1.57 bits per heavy atom. The van der Waals surface area contributed by atoms with Crippen LogP contribution < -0.4 is 17.0 Å². The molecule has 19 nitrogen and oxygen atoms in total. The fraction of sp³-hybridized carbons (Fsp3) is 0.731. The molecule has 2 heterocycles. The van der Waals surface area contributed by atoms with Gasteiger partial charge in [0.1, 0.15) is 18.3 Å². The molecule has 1 aliphatic heterocycles. The topological polar surface area (TPSA) is 252 Å². The highest BCUT2D eigenvalue weighted by Gasteiger charge is 2.65. The molecule has 0 aliphatic carbocycles. The molecule has 0 radical (unpaired) electrons. The molecule has 5 atom stereocenters. The first-order valence-corrected chi connectivity index (χ1v) is 15.7. The van der Waals surface area contributed by atoms with Gasteiger partial charge >= 0.3 is 31.8 Å². The van der Waals surface area contributed by atoms with Crippen molar-refractivity contribution in [3.8, 4) is 0 Å². The zero-order valence-electron chi connectivity index (χ0n) is 26.9. The van der Waals surface area contributed by atoms with E-state index in [1.165, 1.54) is 27.7 Å². The highest BCUT2D eigenvalue weighted by molar-refractivity contribution is 7.48. The number of nitrogens with two attached hydrogens (primary N) is 1. The normalized spacial score (nSPS) is 23.5. The van der Waals surface area contributed by atoms with Gasteiger partial charge in [0.05, 0.1) is 18.8 Å². The molecule has 0 amide bonds. The Balaban J connectivity index is 2.46. The van der Waals surface area contributed by atoms with E-state index in [1.807, 2.05) is 4.98 Å². The molecule has 1 aromatic rings. The first-order valence-electron chi connectivity index (χ1n) is 14.2. The van der Waals surface area contributed by atoms with Gasteiger partial charge in [-0.3, -0.25) is 23.7 Å². The van der Waals surface area contributed by atoms with Crippen LogP contribution in [0.15, 0.2) is 21.9 Å². The third kappa shape index (κ3) is 10.8. The second-order valence-electron chi connectivity index (χ2n) is 11.3. The van der Waals surface area contributed by atoms with Gasteiger partial charge in [0, 0.05) is 12.3 Å². The second kappa shape index (κ2) is 16.6. The van der Waals surface area contributed by atoms with E-state index in [-0.39, 0.29) is 0 Å². The quantitative estimate of drug-likeness (QED) is 0.0958. The molecule has 2 rings (SSSR count). The van der Waals surface area contributed by atoms with Crippen LogP contribution in [0, 0.1) is 5.92 Å². The van der Waals surface area contributed by atoms with Gasteiger partial charge in [0.25, 0.3) is 5.56 Å². The van der Waals surface area contributed by atoms with E-state index in [4.69, 9.17) is 38.3 Å². The molecule has 0 saturated carbocycles. The summed E-state index contributed by atoms with van der Waals surface area (Å²) in [6.45, 7) is 5.25. The number of nitrogens with one attached hydrogen (secondary N) is 1. The molecule has 0 bridgehead atoms. The Morgan fingerprint density at radius 3 is 2.02 bits per heavy atom. The molecule has 0 unspecified atom stereocenters. The number of esters is 1. The van der Waals surface area contributed by atoms with Crippen molar-refractivity contribution in [3.63, 3.8) is 0 Å². The number of aromatic amines is 1. The lowest BCUT2D eigenvalue weighted by molar-refractivity contribution is -0.178. The molecule has 0 aromatic carbocycles. The van der Waals surface area contributed by atoms with E-state index in [9.17, 15) is 33.6 Å². The average Bonchev–Trinajstić information content (AvgIpc) is 3.17. The number of ether oxygens (including phenoxy) is 6. The summed E-state index contributed by atoms with van der Waals surface area (Å²) in [6.07, 6.45) is -6.59. The molecule has 4 N–H and O–H groups in total. The van der Waals surface area contributed by atoms with E-state index in [2.05, 4.69) is 9.47 Å². The number of carbonyl (C=O) groups excluding carboxylic acids is 3. The summed E-state index contributed by atoms with van der Waals surface area (Å²) in [6, 6.07) is -0.352. The lowest BCUT2D eigenvalue weighted by Gasteiger charge is -2.35. The lowest BCUT2D eigenvalue weighted by Crippen LogP contribution is -2.57. The van der Waals surface area contributed by atoms with Gasteiger partial charge in [-0.25, -0.2) is 32.4 Å². The van der Waals surface area contributed by atoms with E-state index < -0.39 is 112 Å². The average molecular weight is 702 g/mol. The maximum absolute atomic E-state index is 15.1. The van der Waals surface area contributed by atoms with E-state index in [1.54, 1.807) is 13.8 Å². The highest BCUT2D eigenvalue weighted by atomic mass is 31.2. The maximum Gasteiger partial charge on any atom is 0.510 e. The maximum atomic E-state index is 15.1. The standard InChI is InChI=1S/C26H41FN3O16P/c1-14(2)18(28)19(32)45-20-25(7,36)21(30-9-8-17(31)29-22(30)33)46-26(20,10-27)11-40-47(37,41-12-38-23(34)43-15(3)4)42-13-39-24(35)44-16(5)6/h8-9,14-16,18,20-21,36H,10-13,28H2,1-7H3,(H,29,31,33)/t18-,20+,21-,25-,26-/m1/s1. The predicted octanol–water partition coefficient (Wildman–Crippen LogP) is 1.62. The Hall–Kier alpha value is -3.39. The summed E-state index contributed by atoms with van der Waals surface area (Å²) in [7, 11) is -5.03. The number of halogens is 1. The third-order valence-corrected chi connectivity index (χ3v) is 7.60. The largest absolute Gasteiger partial charge is 0.510 e. The van der Waals surface area contributed by atoms with E-state index in [0.717, 1.165) is 19.2 Å². The van der Waals surface area contributed by atoms with Gasteiger partial charge in [-0.1, -0.05) is 13.8 Å². The molecular weight excluding hydrogens is 660 g/mol. The van der Waals surface area contributed by atoms with Gasteiger partial charge in [-0.2, -0.15) is 0 Å². The van der Waals surface area contributed by atoms with Crippen molar-refractivity contribution in [2.24, 2.45) is 11.7 Å². The highest BCUT2D eigenvalue weighted by Crippen LogP contribution is 2.53. The minimum absolute atomic E-state index is 0.477. The SMILES string of the molecule is CC(C)OC(=O)OCOP(=O)(OCOC(=O)OC(C)C)OC[C@@]1(CF)O[C@@H](n2ccc(=O)[nH]c2=O)[C@](C)(O)[C@@H]1OC(=O)[C@H](N)C(C)C. The zero-order valence-corrected chi connectivity index (χ0v) is 27.8. The van der Waals surface area contributed by atoms with Crippen molar-refractivity contribution < 1.29 is 70.4 Å². The first-order chi connectivity index (χ1) is 21.8. The van der Waals surface area contributed by atoms with Crippen LogP contribution >= 0.6 is 7.82 Å². The summed E-state index contributed by atoms with van der Waals surface area (Å²) in [5, 5.41) is 11.6.